The smallest absolute Gasteiger partial charge is 0.337 e. The van der Waals surface area contributed by atoms with E-state index in [-0.39, 0.29) is 12.2 Å². The number of amides is 2. The van der Waals surface area contributed by atoms with Crippen LogP contribution >= 0.6 is 0 Å². The fourth-order valence-corrected chi connectivity index (χ4v) is 2.49. The molecule has 0 aliphatic carbocycles. The Labute approximate surface area is 164 Å². The first-order chi connectivity index (χ1) is 13.5. The van der Waals surface area contributed by atoms with Gasteiger partial charge >= 0.3 is 5.97 Å². The standard InChI is InChI=1S/C21H24N2O5/c1-4-14(2)17-7-5-6-8-18(17)28-13-19(24)22-23-20(25)15-9-11-16(12-10-15)21(26)27-3/h5-12,14H,4,13H2,1-3H3,(H,22,24)(H,23,25). The van der Waals surface area contributed by atoms with Crippen molar-refractivity contribution >= 4 is 17.8 Å². The van der Waals surface area contributed by atoms with E-state index in [4.69, 9.17) is 4.74 Å². The van der Waals surface area contributed by atoms with Crippen LogP contribution in [-0.2, 0) is 9.53 Å². The van der Waals surface area contributed by atoms with Crippen LogP contribution in [0.1, 0.15) is 52.5 Å². The third kappa shape index (κ3) is 5.57. The molecular formula is C21H24N2O5. The summed E-state index contributed by atoms with van der Waals surface area (Å²) >= 11 is 0. The maximum Gasteiger partial charge on any atom is 0.337 e. The van der Waals surface area contributed by atoms with Crippen LogP contribution in [-0.4, -0.2) is 31.5 Å². The number of methoxy groups -OCH3 is 1. The Hall–Kier alpha value is -3.35. The molecule has 0 bridgehead atoms. The van der Waals surface area contributed by atoms with Crippen LogP contribution in [0, 0.1) is 0 Å². The first-order valence-corrected chi connectivity index (χ1v) is 8.95. The number of para-hydroxylation sites is 1. The summed E-state index contributed by atoms with van der Waals surface area (Å²) in [5, 5.41) is 0. The maximum absolute atomic E-state index is 12.1. The van der Waals surface area contributed by atoms with Gasteiger partial charge in [-0.05, 0) is 48.2 Å². The normalized spacial score (nSPS) is 11.2. The van der Waals surface area contributed by atoms with Crippen molar-refractivity contribution in [2.75, 3.05) is 13.7 Å². The van der Waals surface area contributed by atoms with Gasteiger partial charge in [0.15, 0.2) is 6.61 Å². The summed E-state index contributed by atoms with van der Waals surface area (Å²) in [6, 6.07) is 13.4. The third-order valence-electron chi connectivity index (χ3n) is 4.30. The molecule has 0 saturated carbocycles. The molecule has 0 heterocycles. The van der Waals surface area contributed by atoms with E-state index in [0.29, 0.717) is 17.2 Å². The molecule has 0 fully saturated rings. The van der Waals surface area contributed by atoms with E-state index < -0.39 is 17.8 Å². The van der Waals surface area contributed by atoms with Gasteiger partial charge in [-0.15, -0.1) is 0 Å². The number of benzene rings is 2. The number of rotatable bonds is 7. The Bertz CT molecular complexity index is 833. The van der Waals surface area contributed by atoms with Crippen LogP contribution < -0.4 is 15.6 Å². The van der Waals surface area contributed by atoms with Crippen LogP contribution in [0.2, 0.25) is 0 Å². The van der Waals surface area contributed by atoms with Crippen LogP contribution in [0.15, 0.2) is 48.5 Å². The zero-order valence-electron chi connectivity index (χ0n) is 16.2. The van der Waals surface area contributed by atoms with Gasteiger partial charge in [0.25, 0.3) is 11.8 Å². The second-order valence-corrected chi connectivity index (χ2v) is 6.21. The van der Waals surface area contributed by atoms with Crippen molar-refractivity contribution in [2.45, 2.75) is 26.2 Å². The number of ether oxygens (including phenoxy) is 2. The number of carbonyl (C=O) groups excluding carboxylic acids is 3. The first kappa shape index (κ1) is 21.0. The zero-order valence-corrected chi connectivity index (χ0v) is 16.2. The van der Waals surface area contributed by atoms with Crippen molar-refractivity contribution in [3.63, 3.8) is 0 Å². The molecule has 0 aromatic heterocycles. The summed E-state index contributed by atoms with van der Waals surface area (Å²) in [5.74, 6) is -0.526. The molecule has 2 rings (SSSR count). The molecule has 2 aromatic carbocycles. The highest BCUT2D eigenvalue weighted by atomic mass is 16.5. The summed E-state index contributed by atoms with van der Waals surface area (Å²) in [7, 11) is 1.28. The van der Waals surface area contributed by atoms with Gasteiger partial charge in [0, 0.05) is 5.56 Å². The molecule has 2 aromatic rings. The molecule has 0 saturated heterocycles. The van der Waals surface area contributed by atoms with Crippen LogP contribution in [0.5, 0.6) is 5.75 Å². The van der Waals surface area contributed by atoms with Gasteiger partial charge < -0.3 is 9.47 Å². The minimum absolute atomic E-state index is 0.227. The average Bonchev–Trinajstić information content (AvgIpc) is 2.75. The summed E-state index contributed by atoms with van der Waals surface area (Å²) in [6.07, 6.45) is 0.956. The summed E-state index contributed by atoms with van der Waals surface area (Å²) < 4.78 is 10.2. The molecule has 0 aliphatic heterocycles. The molecule has 1 unspecified atom stereocenters. The predicted octanol–water partition coefficient (Wildman–Crippen LogP) is 2.83. The van der Waals surface area contributed by atoms with Crippen LogP contribution in [0.3, 0.4) is 0 Å². The lowest BCUT2D eigenvalue weighted by molar-refractivity contribution is -0.123. The lowest BCUT2D eigenvalue weighted by Gasteiger charge is -2.15. The predicted molar refractivity (Wildman–Crippen MR) is 104 cm³/mol. The third-order valence-corrected chi connectivity index (χ3v) is 4.30. The van der Waals surface area contributed by atoms with Crippen molar-refractivity contribution in [1.82, 2.24) is 10.9 Å². The first-order valence-electron chi connectivity index (χ1n) is 8.95. The van der Waals surface area contributed by atoms with Gasteiger partial charge in [-0.2, -0.15) is 0 Å². The van der Waals surface area contributed by atoms with Gasteiger partial charge in [0.2, 0.25) is 0 Å². The van der Waals surface area contributed by atoms with Crippen molar-refractivity contribution < 1.29 is 23.9 Å². The highest BCUT2D eigenvalue weighted by Gasteiger charge is 2.13. The van der Waals surface area contributed by atoms with E-state index in [2.05, 4.69) is 29.4 Å². The average molecular weight is 384 g/mol. The second kappa shape index (κ2) is 10.1. The van der Waals surface area contributed by atoms with Crippen LogP contribution in [0.25, 0.3) is 0 Å². The van der Waals surface area contributed by atoms with E-state index in [0.717, 1.165) is 12.0 Å². The van der Waals surface area contributed by atoms with E-state index in [1.807, 2.05) is 24.3 Å². The minimum atomic E-state index is -0.509. The van der Waals surface area contributed by atoms with E-state index in [1.54, 1.807) is 0 Å². The number of hydrogen-bond acceptors (Lipinski definition) is 5. The van der Waals surface area contributed by atoms with E-state index in [9.17, 15) is 14.4 Å². The molecule has 0 radical (unpaired) electrons. The maximum atomic E-state index is 12.1. The minimum Gasteiger partial charge on any atom is -0.483 e. The second-order valence-electron chi connectivity index (χ2n) is 6.21. The molecule has 2 N–H and O–H groups in total. The van der Waals surface area contributed by atoms with Gasteiger partial charge in [-0.3, -0.25) is 20.4 Å². The number of esters is 1. The summed E-state index contributed by atoms with van der Waals surface area (Å²) in [4.78, 5) is 35.4. The Morgan fingerprint density at radius 3 is 2.25 bits per heavy atom. The number of carbonyl (C=O) groups is 3. The number of nitrogens with one attached hydrogen (secondary N) is 2. The Kier molecular flexibility index (Phi) is 7.56. The number of hydrogen-bond donors (Lipinski definition) is 2. The summed E-state index contributed by atoms with van der Waals surface area (Å²) in [5.41, 5.74) is 6.27. The molecular weight excluding hydrogens is 360 g/mol. The van der Waals surface area contributed by atoms with Gasteiger partial charge in [0.1, 0.15) is 5.75 Å². The largest absolute Gasteiger partial charge is 0.483 e. The van der Waals surface area contributed by atoms with Gasteiger partial charge in [-0.25, -0.2) is 4.79 Å². The Balaban J connectivity index is 1.86. The zero-order chi connectivity index (χ0) is 20.5. The molecule has 28 heavy (non-hydrogen) atoms. The van der Waals surface area contributed by atoms with Crippen molar-refractivity contribution in [3.05, 3.63) is 65.2 Å². The monoisotopic (exact) mass is 384 g/mol. The molecule has 148 valence electrons. The van der Waals surface area contributed by atoms with E-state index in [1.165, 1.54) is 31.4 Å². The fourth-order valence-electron chi connectivity index (χ4n) is 2.49. The van der Waals surface area contributed by atoms with Crippen molar-refractivity contribution in [3.8, 4) is 5.75 Å². The van der Waals surface area contributed by atoms with Crippen molar-refractivity contribution in [1.29, 1.82) is 0 Å². The van der Waals surface area contributed by atoms with E-state index >= 15 is 0 Å². The van der Waals surface area contributed by atoms with Crippen molar-refractivity contribution in [2.24, 2.45) is 0 Å². The molecule has 7 nitrogen and oxygen atoms in total. The molecule has 0 aliphatic rings. The molecule has 0 spiro atoms. The molecule has 7 heteroatoms. The Morgan fingerprint density at radius 1 is 0.964 bits per heavy atom. The fraction of sp³-hybridized carbons (Fsp3) is 0.286. The van der Waals surface area contributed by atoms with Gasteiger partial charge in [-0.1, -0.05) is 32.0 Å². The summed E-state index contributed by atoms with van der Waals surface area (Å²) in [6.45, 7) is 3.95. The highest BCUT2D eigenvalue weighted by molar-refractivity contribution is 5.97. The number of hydrazine groups is 1. The quantitative estimate of drug-likeness (QED) is 0.566. The Morgan fingerprint density at radius 2 is 1.61 bits per heavy atom. The molecule has 2 amide bonds. The van der Waals surface area contributed by atoms with Crippen LogP contribution in [0.4, 0.5) is 0 Å². The lowest BCUT2D eigenvalue weighted by Crippen LogP contribution is -2.43. The molecule has 1 atom stereocenters. The highest BCUT2D eigenvalue weighted by Crippen LogP contribution is 2.28. The topological polar surface area (TPSA) is 93.7 Å². The van der Waals surface area contributed by atoms with Gasteiger partial charge in [0.05, 0.1) is 12.7 Å². The lowest BCUT2D eigenvalue weighted by atomic mass is 9.98. The SMILES string of the molecule is CCC(C)c1ccccc1OCC(=O)NNC(=O)c1ccc(C(=O)OC)cc1.